The first kappa shape index (κ1) is 14.7. The van der Waals surface area contributed by atoms with Crippen molar-refractivity contribution in [3.63, 3.8) is 0 Å². The standard InChI is InChI=1S/C16H12N4O3S/c1-9-8-19-12-5-4-10(20(22)23)7-11(12)14(13-3-2-6-24-13)18-16(21)15(19)17-9/h2-8,16,21H,1H3. The van der Waals surface area contributed by atoms with Gasteiger partial charge in [0.25, 0.3) is 5.69 Å². The SMILES string of the molecule is Cc1cn2c(n1)C(O)N=C(c1cccs1)c1cc([N+](=O)[O-])ccc1-2. The number of fused-ring (bicyclic) bond motifs is 3. The van der Waals surface area contributed by atoms with Crippen molar-refractivity contribution >= 4 is 22.7 Å². The van der Waals surface area contributed by atoms with E-state index in [1.807, 2.05) is 24.4 Å². The van der Waals surface area contributed by atoms with Crippen molar-refractivity contribution in [3.05, 3.63) is 74.0 Å². The van der Waals surface area contributed by atoms with Gasteiger partial charge in [0.15, 0.2) is 5.82 Å². The summed E-state index contributed by atoms with van der Waals surface area (Å²) < 4.78 is 1.74. The molecule has 0 radical (unpaired) electrons. The Labute approximate surface area is 140 Å². The minimum Gasteiger partial charge on any atom is -0.365 e. The van der Waals surface area contributed by atoms with Crippen LogP contribution >= 0.6 is 11.3 Å². The van der Waals surface area contributed by atoms with Crippen molar-refractivity contribution in [1.82, 2.24) is 9.55 Å². The van der Waals surface area contributed by atoms with Crippen molar-refractivity contribution < 1.29 is 10.0 Å². The normalized spacial score (nSPS) is 16.1. The zero-order chi connectivity index (χ0) is 16.8. The van der Waals surface area contributed by atoms with Gasteiger partial charge >= 0.3 is 0 Å². The summed E-state index contributed by atoms with van der Waals surface area (Å²) in [6.45, 7) is 1.82. The molecule has 1 N–H and O–H groups in total. The molecule has 24 heavy (non-hydrogen) atoms. The van der Waals surface area contributed by atoms with E-state index in [-0.39, 0.29) is 5.69 Å². The minimum absolute atomic E-state index is 0.0206. The number of aliphatic imine (C=N–C) groups is 1. The number of hydrogen-bond acceptors (Lipinski definition) is 6. The Bertz CT molecular complexity index is 975. The molecule has 0 saturated carbocycles. The molecule has 0 amide bonds. The maximum atomic E-state index is 11.2. The third kappa shape index (κ3) is 2.24. The summed E-state index contributed by atoms with van der Waals surface area (Å²) in [6, 6.07) is 8.35. The van der Waals surface area contributed by atoms with Crippen LogP contribution in [0.1, 0.15) is 28.2 Å². The first-order chi connectivity index (χ1) is 11.5. The van der Waals surface area contributed by atoms with Crippen LogP contribution < -0.4 is 0 Å². The molecule has 2 aromatic heterocycles. The topological polar surface area (TPSA) is 93.5 Å². The summed E-state index contributed by atoms with van der Waals surface area (Å²) in [6.07, 6.45) is 0.651. The van der Waals surface area contributed by atoms with Gasteiger partial charge in [-0.25, -0.2) is 9.98 Å². The highest BCUT2D eigenvalue weighted by molar-refractivity contribution is 7.12. The fourth-order valence-electron chi connectivity index (χ4n) is 2.79. The molecule has 1 unspecified atom stereocenters. The van der Waals surface area contributed by atoms with Gasteiger partial charge in [0.05, 0.1) is 26.9 Å². The molecular formula is C16H12N4O3S. The van der Waals surface area contributed by atoms with Gasteiger partial charge in [-0.15, -0.1) is 11.3 Å². The van der Waals surface area contributed by atoms with Crippen LogP contribution in [0.2, 0.25) is 0 Å². The van der Waals surface area contributed by atoms with Gasteiger partial charge in [0, 0.05) is 23.9 Å². The molecule has 0 saturated heterocycles. The Morgan fingerprint density at radius 2 is 2.21 bits per heavy atom. The van der Waals surface area contributed by atoms with E-state index in [1.54, 1.807) is 16.8 Å². The summed E-state index contributed by atoms with van der Waals surface area (Å²) in [5, 5.41) is 23.6. The average molecular weight is 340 g/mol. The molecule has 1 aliphatic rings. The van der Waals surface area contributed by atoms with Gasteiger partial charge < -0.3 is 5.11 Å². The van der Waals surface area contributed by atoms with Crippen LogP contribution in [0.5, 0.6) is 0 Å². The number of aliphatic hydroxyl groups is 1. The number of non-ortho nitro benzene ring substituents is 1. The highest BCUT2D eigenvalue weighted by Crippen LogP contribution is 2.32. The van der Waals surface area contributed by atoms with Crippen LogP contribution in [0, 0.1) is 17.0 Å². The summed E-state index contributed by atoms with van der Waals surface area (Å²) >= 11 is 1.46. The maximum Gasteiger partial charge on any atom is 0.270 e. The summed E-state index contributed by atoms with van der Waals surface area (Å²) in [5.41, 5.74) is 2.55. The molecule has 4 rings (SSSR count). The molecule has 1 aliphatic heterocycles. The maximum absolute atomic E-state index is 11.2. The minimum atomic E-state index is -1.14. The smallest absolute Gasteiger partial charge is 0.270 e. The zero-order valence-electron chi connectivity index (χ0n) is 12.6. The van der Waals surface area contributed by atoms with Gasteiger partial charge in [-0.1, -0.05) is 6.07 Å². The van der Waals surface area contributed by atoms with Crippen LogP contribution in [-0.4, -0.2) is 25.3 Å². The summed E-state index contributed by atoms with van der Waals surface area (Å²) in [4.78, 5) is 20.3. The molecule has 0 fully saturated rings. The monoisotopic (exact) mass is 340 g/mol. The van der Waals surface area contributed by atoms with E-state index in [2.05, 4.69) is 9.98 Å². The summed E-state index contributed by atoms with van der Waals surface area (Å²) in [5.74, 6) is 0.397. The van der Waals surface area contributed by atoms with E-state index in [0.29, 0.717) is 22.8 Å². The Balaban J connectivity index is 2.04. The lowest BCUT2D eigenvalue weighted by Gasteiger charge is -2.10. The molecule has 3 aromatic rings. The van der Waals surface area contributed by atoms with Crippen molar-refractivity contribution in [2.24, 2.45) is 4.99 Å². The number of nitro groups is 1. The van der Waals surface area contributed by atoms with Gasteiger partial charge in [0.1, 0.15) is 0 Å². The molecule has 1 atom stereocenters. The molecule has 1 aromatic carbocycles. The number of aromatic nitrogens is 2. The molecule has 8 heteroatoms. The lowest BCUT2D eigenvalue weighted by molar-refractivity contribution is -0.384. The number of rotatable bonds is 2. The average Bonchev–Trinajstić information content (AvgIpc) is 3.19. The van der Waals surface area contributed by atoms with E-state index in [0.717, 1.165) is 10.6 Å². The van der Waals surface area contributed by atoms with E-state index in [9.17, 15) is 15.2 Å². The van der Waals surface area contributed by atoms with Crippen molar-refractivity contribution in [3.8, 4) is 5.69 Å². The lowest BCUT2D eigenvalue weighted by Crippen LogP contribution is -2.06. The number of benzene rings is 1. The molecule has 120 valence electrons. The third-order valence-electron chi connectivity index (χ3n) is 3.80. The fourth-order valence-corrected chi connectivity index (χ4v) is 3.52. The Hall–Kier alpha value is -2.84. The largest absolute Gasteiger partial charge is 0.365 e. The first-order valence-corrected chi connectivity index (χ1v) is 8.07. The van der Waals surface area contributed by atoms with Crippen LogP contribution in [0.15, 0.2) is 46.9 Å². The van der Waals surface area contributed by atoms with Gasteiger partial charge in [0.2, 0.25) is 6.23 Å². The van der Waals surface area contributed by atoms with Crippen molar-refractivity contribution in [2.45, 2.75) is 13.2 Å². The van der Waals surface area contributed by atoms with E-state index < -0.39 is 11.2 Å². The predicted octanol–water partition coefficient (Wildman–Crippen LogP) is 2.99. The van der Waals surface area contributed by atoms with Gasteiger partial charge in [-0.2, -0.15) is 0 Å². The summed E-state index contributed by atoms with van der Waals surface area (Å²) in [7, 11) is 0. The molecule has 0 bridgehead atoms. The number of hydrogen-bond donors (Lipinski definition) is 1. The Morgan fingerprint density at radius 1 is 1.38 bits per heavy atom. The number of nitro benzene ring substituents is 1. The van der Waals surface area contributed by atoms with Crippen molar-refractivity contribution in [1.29, 1.82) is 0 Å². The molecule has 3 heterocycles. The number of aliphatic hydroxyl groups excluding tert-OH is 1. The fraction of sp³-hybridized carbons (Fsp3) is 0.125. The molecule has 7 nitrogen and oxygen atoms in total. The quantitative estimate of drug-likeness (QED) is 0.573. The van der Waals surface area contributed by atoms with Crippen molar-refractivity contribution in [2.75, 3.05) is 0 Å². The van der Waals surface area contributed by atoms with Gasteiger partial charge in [-0.3, -0.25) is 14.7 Å². The second-order valence-electron chi connectivity index (χ2n) is 5.40. The van der Waals surface area contributed by atoms with Gasteiger partial charge in [-0.05, 0) is 24.4 Å². The highest BCUT2D eigenvalue weighted by Gasteiger charge is 2.27. The molecule has 0 spiro atoms. The lowest BCUT2D eigenvalue weighted by atomic mass is 10.1. The molecule has 0 aliphatic carbocycles. The Morgan fingerprint density at radius 3 is 2.92 bits per heavy atom. The van der Waals surface area contributed by atoms with E-state index in [1.165, 1.54) is 23.5 Å². The molecular weight excluding hydrogens is 328 g/mol. The van der Waals surface area contributed by atoms with Crippen LogP contribution in [0.4, 0.5) is 5.69 Å². The second kappa shape index (κ2) is 5.36. The van der Waals surface area contributed by atoms with E-state index in [4.69, 9.17) is 0 Å². The van der Waals surface area contributed by atoms with Crippen LogP contribution in [0.25, 0.3) is 5.69 Å². The zero-order valence-corrected chi connectivity index (χ0v) is 13.4. The Kier molecular flexibility index (Phi) is 3.29. The highest BCUT2D eigenvalue weighted by atomic mass is 32.1. The van der Waals surface area contributed by atoms with Crippen LogP contribution in [0.3, 0.4) is 0 Å². The van der Waals surface area contributed by atoms with Crippen LogP contribution in [-0.2, 0) is 0 Å². The second-order valence-corrected chi connectivity index (χ2v) is 6.35. The number of thiophene rings is 1. The predicted molar refractivity (Wildman–Crippen MR) is 89.9 cm³/mol. The number of imidazole rings is 1. The van der Waals surface area contributed by atoms with E-state index >= 15 is 0 Å². The number of nitrogens with zero attached hydrogens (tertiary/aromatic N) is 4. The number of aryl methyl sites for hydroxylation is 1. The first-order valence-electron chi connectivity index (χ1n) is 7.19. The third-order valence-corrected chi connectivity index (χ3v) is 4.67.